The van der Waals surface area contributed by atoms with Crippen LogP contribution in [0.15, 0.2) is 54.6 Å². The molecule has 0 N–H and O–H groups in total. The van der Waals surface area contributed by atoms with Crippen molar-refractivity contribution in [3.05, 3.63) is 65.2 Å². The molecule has 26 heavy (non-hydrogen) atoms. The molecular formula is C20H19ClN2O3. The summed E-state index contributed by atoms with van der Waals surface area (Å²) < 4.78 is 0. The molecule has 1 heterocycles. The number of nitrogens with zero attached hydrogens (tertiary/aromatic N) is 2. The van der Waals surface area contributed by atoms with Gasteiger partial charge in [-0.1, -0.05) is 48.0 Å². The molecule has 5 nitrogen and oxygen atoms in total. The largest absolute Gasteiger partial charge is 0.330 e. The van der Waals surface area contributed by atoms with Crippen molar-refractivity contribution in [1.29, 1.82) is 0 Å². The van der Waals surface area contributed by atoms with E-state index < -0.39 is 6.04 Å². The Kier molecular flexibility index (Phi) is 5.38. The number of hydrogen-bond acceptors (Lipinski definition) is 3. The number of amides is 3. The Hall–Kier alpha value is -2.66. The molecule has 1 aliphatic heterocycles. The lowest BCUT2D eigenvalue weighted by Gasteiger charge is -2.26. The molecule has 0 spiro atoms. The van der Waals surface area contributed by atoms with Crippen molar-refractivity contribution in [2.45, 2.75) is 25.8 Å². The van der Waals surface area contributed by atoms with Crippen molar-refractivity contribution in [3.8, 4) is 0 Å². The first-order valence-electron chi connectivity index (χ1n) is 8.41. The zero-order valence-corrected chi connectivity index (χ0v) is 15.1. The van der Waals surface area contributed by atoms with Crippen LogP contribution in [0.25, 0.3) is 0 Å². The standard InChI is InChI=1S/C20H19ClN2O3/c1-14(24)22(11-10-15-6-3-2-4-7-15)18-13-19(25)23(20(18)26)17-9-5-8-16(21)12-17/h2-9,12,18H,10-11,13H2,1H3. The summed E-state index contributed by atoms with van der Waals surface area (Å²) in [6.07, 6.45) is 0.606. The number of benzene rings is 2. The van der Waals surface area contributed by atoms with E-state index in [1.807, 2.05) is 30.3 Å². The van der Waals surface area contributed by atoms with Gasteiger partial charge in [0.2, 0.25) is 11.8 Å². The minimum absolute atomic E-state index is 0.0142. The second-order valence-electron chi connectivity index (χ2n) is 6.22. The van der Waals surface area contributed by atoms with Gasteiger partial charge in [-0.2, -0.15) is 0 Å². The second-order valence-corrected chi connectivity index (χ2v) is 6.65. The Bertz CT molecular complexity index is 838. The van der Waals surface area contributed by atoms with Crippen molar-refractivity contribution in [1.82, 2.24) is 4.90 Å². The Balaban J connectivity index is 1.79. The van der Waals surface area contributed by atoms with E-state index in [1.165, 1.54) is 11.8 Å². The first kappa shape index (κ1) is 18.1. The minimum Gasteiger partial charge on any atom is -0.330 e. The molecule has 0 aliphatic carbocycles. The lowest BCUT2D eigenvalue weighted by Crippen LogP contribution is -2.45. The van der Waals surface area contributed by atoms with Crippen LogP contribution in [0.5, 0.6) is 0 Å². The van der Waals surface area contributed by atoms with E-state index in [-0.39, 0.29) is 24.1 Å². The molecule has 1 atom stereocenters. The highest BCUT2D eigenvalue weighted by molar-refractivity contribution is 6.31. The van der Waals surface area contributed by atoms with Crippen LogP contribution in [0.4, 0.5) is 5.69 Å². The van der Waals surface area contributed by atoms with Gasteiger partial charge in [0.1, 0.15) is 6.04 Å². The highest BCUT2D eigenvalue weighted by Gasteiger charge is 2.43. The summed E-state index contributed by atoms with van der Waals surface area (Å²) >= 11 is 5.97. The van der Waals surface area contributed by atoms with Crippen LogP contribution >= 0.6 is 11.6 Å². The maximum atomic E-state index is 12.9. The summed E-state index contributed by atoms with van der Waals surface area (Å²) in [5.41, 5.74) is 1.50. The van der Waals surface area contributed by atoms with E-state index in [2.05, 4.69) is 0 Å². The third-order valence-corrected chi connectivity index (χ3v) is 4.69. The van der Waals surface area contributed by atoms with Gasteiger partial charge in [-0.3, -0.25) is 14.4 Å². The summed E-state index contributed by atoms with van der Waals surface area (Å²) in [6, 6.07) is 15.5. The fourth-order valence-electron chi connectivity index (χ4n) is 3.17. The van der Waals surface area contributed by atoms with Gasteiger partial charge in [0, 0.05) is 18.5 Å². The monoisotopic (exact) mass is 370 g/mol. The Morgan fingerprint density at radius 3 is 2.54 bits per heavy atom. The molecule has 1 unspecified atom stereocenters. The van der Waals surface area contributed by atoms with Crippen molar-refractivity contribution >= 4 is 35.0 Å². The van der Waals surface area contributed by atoms with Gasteiger partial charge in [0.05, 0.1) is 12.1 Å². The summed E-state index contributed by atoms with van der Waals surface area (Å²) in [5.74, 6) is -0.936. The third kappa shape index (κ3) is 3.78. The molecule has 1 fully saturated rings. The SMILES string of the molecule is CC(=O)N(CCc1ccccc1)C1CC(=O)N(c2cccc(Cl)c2)C1=O. The highest BCUT2D eigenvalue weighted by Crippen LogP contribution is 2.27. The van der Waals surface area contributed by atoms with Gasteiger partial charge in [-0.25, -0.2) is 4.90 Å². The molecule has 2 aromatic carbocycles. The zero-order valence-electron chi connectivity index (χ0n) is 14.4. The molecule has 1 saturated heterocycles. The number of rotatable bonds is 5. The van der Waals surface area contributed by atoms with Crippen LogP contribution in [0, 0.1) is 0 Å². The lowest BCUT2D eigenvalue weighted by atomic mass is 10.1. The van der Waals surface area contributed by atoms with Crippen molar-refractivity contribution < 1.29 is 14.4 Å². The average Bonchev–Trinajstić information content (AvgIpc) is 2.90. The number of carbonyl (C=O) groups excluding carboxylic acids is 3. The first-order chi connectivity index (χ1) is 12.5. The highest BCUT2D eigenvalue weighted by atomic mass is 35.5. The van der Waals surface area contributed by atoms with Crippen LogP contribution in [0.2, 0.25) is 5.02 Å². The molecule has 3 rings (SSSR count). The van der Waals surface area contributed by atoms with Gasteiger partial charge in [-0.05, 0) is 30.2 Å². The van der Waals surface area contributed by atoms with E-state index in [1.54, 1.807) is 24.3 Å². The molecule has 1 aliphatic rings. The van der Waals surface area contributed by atoms with Crippen molar-refractivity contribution in [2.24, 2.45) is 0 Å². The average molecular weight is 371 g/mol. The van der Waals surface area contributed by atoms with Crippen LogP contribution < -0.4 is 4.90 Å². The Morgan fingerprint density at radius 1 is 1.15 bits per heavy atom. The lowest BCUT2D eigenvalue weighted by molar-refractivity contribution is -0.136. The number of anilines is 1. The van der Waals surface area contributed by atoms with Gasteiger partial charge in [0.25, 0.3) is 5.91 Å². The first-order valence-corrected chi connectivity index (χ1v) is 8.78. The number of hydrogen-bond donors (Lipinski definition) is 0. The van der Waals surface area contributed by atoms with Crippen molar-refractivity contribution in [3.63, 3.8) is 0 Å². The van der Waals surface area contributed by atoms with Gasteiger partial charge < -0.3 is 4.90 Å². The fraction of sp³-hybridized carbons (Fsp3) is 0.250. The van der Waals surface area contributed by atoms with E-state index in [0.717, 1.165) is 10.5 Å². The molecule has 6 heteroatoms. The number of halogens is 1. The maximum Gasteiger partial charge on any atom is 0.257 e. The maximum absolute atomic E-state index is 12.9. The molecule has 134 valence electrons. The van der Waals surface area contributed by atoms with Gasteiger partial charge in [-0.15, -0.1) is 0 Å². The Morgan fingerprint density at radius 2 is 1.88 bits per heavy atom. The van der Waals surface area contributed by atoms with Crippen LogP contribution in [-0.4, -0.2) is 35.2 Å². The minimum atomic E-state index is -0.775. The summed E-state index contributed by atoms with van der Waals surface area (Å²) in [6.45, 7) is 1.80. The van der Waals surface area contributed by atoms with Crippen LogP contribution in [0.3, 0.4) is 0 Å². The van der Waals surface area contributed by atoms with E-state index in [0.29, 0.717) is 23.7 Å². The van der Waals surface area contributed by atoms with Gasteiger partial charge in [0.15, 0.2) is 0 Å². The molecule has 3 amide bonds. The number of imide groups is 1. The van der Waals surface area contributed by atoms with E-state index >= 15 is 0 Å². The van der Waals surface area contributed by atoms with Crippen molar-refractivity contribution in [2.75, 3.05) is 11.4 Å². The molecule has 0 radical (unpaired) electrons. The Labute approximate surface area is 157 Å². The molecule has 0 saturated carbocycles. The molecular weight excluding hydrogens is 352 g/mol. The smallest absolute Gasteiger partial charge is 0.257 e. The van der Waals surface area contributed by atoms with Crippen LogP contribution in [0.1, 0.15) is 18.9 Å². The summed E-state index contributed by atoms with van der Waals surface area (Å²) in [5, 5.41) is 0.444. The van der Waals surface area contributed by atoms with E-state index in [9.17, 15) is 14.4 Å². The molecule has 0 bridgehead atoms. The number of carbonyl (C=O) groups is 3. The zero-order chi connectivity index (χ0) is 18.7. The normalized spacial score (nSPS) is 16.8. The predicted octanol–water partition coefficient (Wildman–Crippen LogP) is 3.06. The quantitative estimate of drug-likeness (QED) is 0.760. The van der Waals surface area contributed by atoms with Gasteiger partial charge >= 0.3 is 0 Å². The molecule has 0 aromatic heterocycles. The third-order valence-electron chi connectivity index (χ3n) is 4.45. The topological polar surface area (TPSA) is 57.7 Å². The summed E-state index contributed by atoms with van der Waals surface area (Å²) in [7, 11) is 0. The molecule has 2 aromatic rings. The second kappa shape index (κ2) is 7.70. The van der Waals surface area contributed by atoms with E-state index in [4.69, 9.17) is 11.6 Å². The summed E-state index contributed by atoms with van der Waals surface area (Å²) in [4.78, 5) is 40.0. The fourth-order valence-corrected chi connectivity index (χ4v) is 3.36. The predicted molar refractivity (Wildman–Crippen MR) is 99.9 cm³/mol. The van der Waals surface area contributed by atoms with Crippen LogP contribution in [-0.2, 0) is 20.8 Å².